The third-order valence-electron chi connectivity index (χ3n) is 6.14. The Morgan fingerprint density at radius 1 is 1.00 bits per heavy atom. The van der Waals surface area contributed by atoms with Crippen molar-refractivity contribution >= 4 is 23.2 Å². The number of nitrogens with zero attached hydrogens (tertiary/aromatic N) is 1. The zero-order chi connectivity index (χ0) is 28.6. The quantitative estimate of drug-likeness (QED) is 0.278. The van der Waals surface area contributed by atoms with Crippen LogP contribution in [0.2, 0.25) is 0 Å². The molecule has 1 aromatic carbocycles. The lowest BCUT2D eigenvalue weighted by Gasteiger charge is -2.30. The maximum Gasteiger partial charge on any atom is 0.453 e. The van der Waals surface area contributed by atoms with E-state index in [0.717, 1.165) is 26.0 Å². The molecule has 0 fully saturated rings. The van der Waals surface area contributed by atoms with E-state index in [4.69, 9.17) is 4.74 Å². The average Bonchev–Trinajstić information content (AvgIpc) is 2.85. The summed E-state index contributed by atoms with van der Waals surface area (Å²) in [6.45, 7) is 1.57. The number of rotatable bonds is 9. The number of fused-ring (bicyclic) bond motifs is 1. The zero-order valence-corrected chi connectivity index (χ0v) is 19.9. The van der Waals surface area contributed by atoms with Crippen molar-refractivity contribution in [3.8, 4) is 5.75 Å². The summed E-state index contributed by atoms with van der Waals surface area (Å²) in [5, 5.41) is 0. The van der Waals surface area contributed by atoms with Gasteiger partial charge in [0.15, 0.2) is 0 Å². The molecule has 1 aliphatic rings. The monoisotopic (exact) mass is 549 g/mol. The summed E-state index contributed by atoms with van der Waals surface area (Å²) in [7, 11) is 0. The number of hydrogen-bond acceptors (Lipinski definition) is 4. The van der Waals surface area contributed by atoms with Crippen molar-refractivity contribution in [1.29, 1.82) is 0 Å². The fourth-order valence-electron chi connectivity index (χ4n) is 3.79. The molecule has 2 atom stereocenters. The predicted octanol–water partition coefficient (Wildman–Crippen LogP) is 6.04. The number of Topliss-reactive ketones (excluding diaryl/α,β-unsaturated/α-hetero) is 2. The molecule has 37 heavy (non-hydrogen) atoms. The SMILES string of the molecule is CC[C@@H]1Oc2ccc(F)cc2N(CC(F)(F)F)C(=O)[C@@H]1CC(=O)C(C)(C)C(=O)CCC(F)(F)C(F)(F)F. The molecule has 0 aromatic heterocycles. The van der Waals surface area contributed by atoms with Gasteiger partial charge in [-0.25, -0.2) is 4.39 Å². The van der Waals surface area contributed by atoms with Gasteiger partial charge in [0.05, 0.1) is 17.0 Å². The molecule has 0 spiro atoms. The minimum atomic E-state index is -5.91. The smallest absolute Gasteiger partial charge is 0.453 e. The highest BCUT2D eigenvalue weighted by atomic mass is 19.4. The van der Waals surface area contributed by atoms with Gasteiger partial charge >= 0.3 is 18.3 Å². The number of alkyl halides is 8. The molecule has 208 valence electrons. The summed E-state index contributed by atoms with van der Waals surface area (Å²) < 4.78 is 123. The first-order valence-corrected chi connectivity index (χ1v) is 11.1. The molecule has 0 saturated heterocycles. The molecule has 1 heterocycles. The highest BCUT2D eigenvalue weighted by Gasteiger charge is 2.57. The van der Waals surface area contributed by atoms with Gasteiger partial charge in [-0.1, -0.05) is 6.92 Å². The van der Waals surface area contributed by atoms with Crippen LogP contribution in [0.4, 0.5) is 45.2 Å². The lowest BCUT2D eigenvalue weighted by Crippen LogP contribution is -2.47. The number of halogens is 9. The van der Waals surface area contributed by atoms with Gasteiger partial charge in [0, 0.05) is 25.3 Å². The van der Waals surface area contributed by atoms with E-state index < -0.39 is 90.5 Å². The largest absolute Gasteiger partial charge is 0.487 e. The first-order chi connectivity index (χ1) is 16.7. The first-order valence-electron chi connectivity index (χ1n) is 11.1. The number of anilines is 1. The molecule has 0 radical (unpaired) electrons. The molecule has 0 unspecified atom stereocenters. The van der Waals surface area contributed by atoms with E-state index in [0.29, 0.717) is 6.07 Å². The Kier molecular flexibility index (Phi) is 8.65. The standard InChI is InChI=1S/C23H24F9NO4/c1-4-15-13(10-18(35)20(2,3)17(34)7-8-21(25,26)23(30,31)32)19(36)33(11-22(27,28)29)14-9-12(24)5-6-16(14)37-15/h5-6,9,13,15H,4,7-8,10-11H2,1-3H3/t13-,15+/m1/s1. The van der Waals surface area contributed by atoms with Crippen LogP contribution in [0.5, 0.6) is 5.75 Å². The van der Waals surface area contributed by atoms with Gasteiger partial charge in [-0.3, -0.25) is 19.3 Å². The van der Waals surface area contributed by atoms with E-state index in [1.165, 1.54) is 6.92 Å². The summed E-state index contributed by atoms with van der Waals surface area (Å²) in [5.41, 5.74) is -2.67. The van der Waals surface area contributed by atoms with Crippen LogP contribution < -0.4 is 9.64 Å². The summed E-state index contributed by atoms with van der Waals surface area (Å²) >= 11 is 0. The molecule has 1 amide bonds. The average molecular weight is 549 g/mol. The zero-order valence-electron chi connectivity index (χ0n) is 19.9. The molecule has 14 heteroatoms. The summed E-state index contributed by atoms with van der Waals surface area (Å²) in [6.07, 6.45) is -16.1. The van der Waals surface area contributed by atoms with Crippen LogP contribution in [0, 0.1) is 17.2 Å². The second-order valence-electron chi connectivity index (χ2n) is 9.20. The van der Waals surface area contributed by atoms with Crippen molar-refractivity contribution in [2.45, 2.75) is 70.8 Å². The van der Waals surface area contributed by atoms with Crippen LogP contribution in [0.25, 0.3) is 0 Å². The summed E-state index contributed by atoms with van der Waals surface area (Å²) in [4.78, 5) is 38.9. The highest BCUT2D eigenvalue weighted by Crippen LogP contribution is 2.41. The van der Waals surface area contributed by atoms with Gasteiger partial charge in [-0.15, -0.1) is 0 Å². The van der Waals surface area contributed by atoms with Crippen LogP contribution in [0.15, 0.2) is 18.2 Å². The van der Waals surface area contributed by atoms with E-state index >= 15 is 0 Å². The van der Waals surface area contributed by atoms with E-state index in [-0.39, 0.29) is 17.1 Å². The number of hydrogen-bond donors (Lipinski definition) is 0. The van der Waals surface area contributed by atoms with Crippen LogP contribution in [0.3, 0.4) is 0 Å². The molecule has 5 nitrogen and oxygen atoms in total. The van der Waals surface area contributed by atoms with Crippen LogP contribution in [-0.2, 0) is 14.4 Å². The Hall–Kier alpha value is -2.80. The maximum atomic E-state index is 13.8. The lowest BCUT2D eigenvalue weighted by molar-refractivity contribution is -0.284. The third kappa shape index (κ3) is 6.95. The molecule has 2 rings (SSSR count). The number of benzene rings is 1. The van der Waals surface area contributed by atoms with Crippen molar-refractivity contribution in [2.75, 3.05) is 11.4 Å². The molecule has 0 N–H and O–H groups in total. The Balaban J connectivity index is 2.35. The van der Waals surface area contributed by atoms with Crippen molar-refractivity contribution < 1.29 is 58.6 Å². The van der Waals surface area contributed by atoms with Crippen molar-refractivity contribution in [3.05, 3.63) is 24.0 Å². The summed E-state index contributed by atoms with van der Waals surface area (Å²) in [5.74, 6) is -11.6. The van der Waals surface area contributed by atoms with Crippen molar-refractivity contribution in [1.82, 2.24) is 0 Å². The Bertz CT molecular complexity index is 1030. The van der Waals surface area contributed by atoms with Gasteiger partial charge in [-0.2, -0.15) is 35.1 Å². The molecule has 0 aliphatic carbocycles. The van der Waals surface area contributed by atoms with Crippen LogP contribution >= 0.6 is 0 Å². The molecule has 0 saturated carbocycles. The van der Waals surface area contributed by atoms with E-state index in [1.54, 1.807) is 0 Å². The molecular formula is C23H24F9NO4. The Morgan fingerprint density at radius 2 is 1.59 bits per heavy atom. The number of ether oxygens (including phenoxy) is 1. The Morgan fingerprint density at radius 3 is 2.11 bits per heavy atom. The normalized spacial score (nSPS) is 19.2. The van der Waals surface area contributed by atoms with E-state index in [9.17, 15) is 53.9 Å². The number of ketones is 2. The van der Waals surface area contributed by atoms with Gasteiger partial charge in [0.1, 0.15) is 35.8 Å². The molecule has 0 bridgehead atoms. The maximum absolute atomic E-state index is 13.8. The van der Waals surface area contributed by atoms with Gasteiger partial charge in [0.2, 0.25) is 5.91 Å². The minimum Gasteiger partial charge on any atom is -0.487 e. The fraction of sp³-hybridized carbons (Fsp3) is 0.609. The molecule has 1 aromatic rings. The first kappa shape index (κ1) is 30.4. The van der Waals surface area contributed by atoms with Crippen LogP contribution in [0.1, 0.15) is 46.5 Å². The topological polar surface area (TPSA) is 63.7 Å². The van der Waals surface area contributed by atoms with Gasteiger partial charge in [0.25, 0.3) is 0 Å². The second kappa shape index (κ2) is 10.5. The van der Waals surface area contributed by atoms with Crippen molar-refractivity contribution in [3.63, 3.8) is 0 Å². The van der Waals surface area contributed by atoms with E-state index in [1.807, 2.05) is 0 Å². The highest BCUT2D eigenvalue weighted by molar-refractivity contribution is 6.08. The van der Waals surface area contributed by atoms with Gasteiger partial charge < -0.3 is 4.74 Å². The second-order valence-corrected chi connectivity index (χ2v) is 9.20. The number of carbonyl (C=O) groups excluding carboxylic acids is 3. The number of carbonyl (C=O) groups is 3. The van der Waals surface area contributed by atoms with Crippen molar-refractivity contribution in [2.24, 2.45) is 11.3 Å². The minimum absolute atomic E-state index is 0.00740. The third-order valence-corrected chi connectivity index (χ3v) is 6.14. The predicted molar refractivity (Wildman–Crippen MR) is 112 cm³/mol. The summed E-state index contributed by atoms with van der Waals surface area (Å²) in [6, 6.07) is 2.57. The van der Waals surface area contributed by atoms with Crippen LogP contribution in [-0.4, -0.2) is 48.4 Å². The molecule has 1 aliphatic heterocycles. The van der Waals surface area contributed by atoms with E-state index in [2.05, 4.69) is 0 Å². The fourth-order valence-corrected chi connectivity index (χ4v) is 3.79. The van der Waals surface area contributed by atoms with Gasteiger partial charge in [-0.05, 0) is 32.4 Å². The Labute approximate surface area is 205 Å². The lowest BCUT2D eigenvalue weighted by atomic mass is 9.76. The number of amides is 1. The molecular weight excluding hydrogens is 525 g/mol.